The van der Waals surface area contributed by atoms with Crippen molar-refractivity contribution in [3.63, 3.8) is 0 Å². The summed E-state index contributed by atoms with van der Waals surface area (Å²) in [6.45, 7) is 0. The number of hydrogen-bond acceptors (Lipinski definition) is 3. The van der Waals surface area contributed by atoms with Crippen molar-refractivity contribution >= 4 is 32.7 Å². The van der Waals surface area contributed by atoms with Gasteiger partial charge in [0.2, 0.25) is 0 Å². The number of esters is 1. The van der Waals surface area contributed by atoms with Crippen LogP contribution < -0.4 is 4.74 Å². The number of rotatable bonds is 2. The Kier molecular flexibility index (Phi) is 3.33. The number of methoxy groups -OCH3 is 2. The third kappa shape index (κ3) is 2.00. The first kappa shape index (κ1) is 11.9. The Bertz CT molecular complexity index is 578. The summed E-state index contributed by atoms with van der Waals surface area (Å²) >= 11 is 3.38. The number of hydrogen-bond donors (Lipinski definition) is 0. The molecule has 0 amide bonds. The van der Waals surface area contributed by atoms with Gasteiger partial charge in [0.15, 0.2) is 0 Å². The van der Waals surface area contributed by atoms with E-state index in [0.29, 0.717) is 15.8 Å². The van der Waals surface area contributed by atoms with Crippen molar-refractivity contribution in [3.05, 3.63) is 40.4 Å². The Morgan fingerprint density at radius 3 is 2.59 bits per heavy atom. The predicted octanol–water partition coefficient (Wildman–Crippen LogP) is 3.40. The van der Waals surface area contributed by atoms with Gasteiger partial charge in [-0.2, -0.15) is 0 Å². The first-order chi connectivity index (χ1) is 8.19. The molecule has 0 aliphatic rings. The number of carbonyl (C=O) groups is 1. The molecule has 2 aromatic carbocycles. The van der Waals surface area contributed by atoms with Gasteiger partial charge in [-0.05, 0) is 27.4 Å². The molecule has 0 fully saturated rings. The summed E-state index contributed by atoms with van der Waals surface area (Å²) < 4.78 is 10.7. The fourth-order valence-electron chi connectivity index (χ4n) is 1.75. The molecule has 4 heteroatoms. The zero-order valence-corrected chi connectivity index (χ0v) is 11.1. The van der Waals surface area contributed by atoms with Crippen LogP contribution >= 0.6 is 15.9 Å². The van der Waals surface area contributed by atoms with Crippen molar-refractivity contribution in [2.75, 3.05) is 14.2 Å². The van der Waals surface area contributed by atoms with Gasteiger partial charge in [-0.1, -0.05) is 24.3 Å². The highest BCUT2D eigenvalue weighted by atomic mass is 79.9. The average molecular weight is 295 g/mol. The average Bonchev–Trinajstić information content (AvgIpc) is 2.37. The molecule has 0 bridgehead atoms. The Morgan fingerprint density at radius 2 is 1.94 bits per heavy atom. The first-order valence-corrected chi connectivity index (χ1v) is 5.82. The van der Waals surface area contributed by atoms with E-state index in [2.05, 4.69) is 15.9 Å². The molecule has 0 aliphatic heterocycles. The van der Waals surface area contributed by atoms with Crippen LogP contribution in [0, 0.1) is 0 Å². The minimum absolute atomic E-state index is 0.388. The molecule has 0 N–H and O–H groups in total. The van der Waals surface area contributed by atoms with Crippen LogP contribution in [0.4, 0.5) is 0 Å². The molecule has 0 saturated carbocycles. The van der Waals surface area contributed by atoms with Crippen molar-refractivity contribution in [2.45, 2.75) is 0 Å². The lowest BCUT2D eigenvalue weighted by Crippen LogP contribution is -2.03. The Labute approximate surface area is 107 Å². The van der Waals surface area contributed by atoms with Crippen molar-refractivity contribution in [1.82, 2.24) is 0 Å². The number of ether oxygens (including phenoxy) is 2. The molecule has 0 atom stereocenters. The molecular weight excluding hydrogens is 284 g/mol. The molecule has 2 aromatic rings. The normalized spacial score (nSPS) is 10.3. The monoisotopic (exact) mass is 294 g/mol. The van der Waals surface area contributed by atoms with Gasteiger partial charge in [0.25, 0.3) is 0 Å². The lowest BCUT2D eigenvalue weighted by molar-refractivity contribution is 0.0599. The van der Waals surface area contributed by atoms with Crippen LogP contribution in [-0.4, -0.2) is 20.2 Å². The molecule has 2 rings (SSSR count). The number of carbonyl (C=O) groups excluding carboxylic acids is 1. The van der Waals surface area contributed by atoms with Crippen molar-refractivity contribution in [3.8, 4) is 5.75 Å². The Morgan fingerprint density at radius 1 is 1.24 bits per heavy atom. The standard InChI is InChI=1S/C13H11BrO3/c1-16-12-9-6-4-3-5-8(9)7-10(11(12)14)13(15)17-2/h3-7H,1-2H3. The highest BCUT2D eigenvalue weighted by molar-refractivity contribution is 9.10. The predicted molar refractivity (Wildman–Crippen MR) is 69.5 cm³/mol. The van der Waals surface area contributed by atoms with Crippen LogP contribution in [0.25, 0.3) is 10.8 Å². The van der Waals surface area contributed by atoms with E-state index >= 15 is 0 Å². The summed E-state index contributed by atoms with van der Waals surface area (Å²) in [6.07, 6.45) is 0. The third-order valence-corrected chi connectivity index (χ3v) is 3.34. The fourth-order valence-corrected chi connectivity index (χ4v) is 2.40. The maximum absolute atomic E-state index is 11.6. The lowest BCUT2D eigenvalue weighted by atomic mass is 10.1. The van der Waals surface area contributed by atoms with Crippen LogP contribution in [0.3, 0.4) is 0 Å². The molecular formula is C13H11BrO3. The van der Waals surface area contributed by atoms with E-state index in [1.165, 1.54) is 7.11 Å². The molecule has 0 saturated heterocycles. The van der Waals surface area contributed by atoms with Gasteiger partial charge in [0, 0.05) is 5.39 Å². The van der Waals surface area contributed by atoms with E-state index in [9.17, 15) is 4.79 Å². The molecule has 3 nitrogen and oxygen atoms in total. The molecule has 0 aliphatic carbocycles. The van der Waals surface area contributed by atoms with E-state index in [0.717, 1.165) is 10.8 Å². The second-order valence-corrected chi connectivity index (χ2v) is 4.28. The minimum atomic E-state index is -0.388. The summed E-state index contributed by atoms with van der Waals surface area (Å²) in [6, 6.07) is 9.50. The number of benzene rings is 2. The van der Waals surface area contributed by atoms with Crippen molar-refractivity contribution in [1.29, 1.82) is 0 Å². The van der Waals surface area contributed by atoms with Gasteiger partial charge >= 0.3 is 5.97 Å². The maximum Gasteiger partial charge on any atom is 0.339 e. The minimum Gasteiger partial charge on any atom is -0.495 e. The van der Waals surface area contributed by atoms with E-state index in [-0.39, 0.29) is 5.97 Å². The van der Waals surface area contributed by atoms with Crippen LogP contribution in [0.1, 0.15) is 10.4 Å². The quantitative estimate of drug-likeness (QED) is 0.797. The Balaban J connectivity index is 2.80. The van der Waals surface area contributed by atoms with Gasteiger partial charge < -0.3 is 9.47 Å². The lowest BCUT2D eigenvalue weighted by Gasteiger charge is -2.11. The van der Waals surface area contributed by atoms with Gasteiger partial charge in [-0.25, -0.2) is 4.79 Å². The van der Waals surface area contributed by atoms with Gasteiger partial charge in [-0.15, -0.1) is 0 Å². The second-order valence-electron chi connectivity index (χ2n) is 3.48. The van der Waals surface area contributed by atoms with E-state index in [1.807, 2.05) is 24.3 Å². The van der Waals surface area contributed by atoms with E-state index in [4.69, 9.17) is 9.47 Å². The largest absolute Gasteiger partial charge is 0.495 e. The van der Waals surface area contributed by atoms with Crippen molar-refractivity contribution in [2.24, 2.45) is 0 Å². The maximum atomic E-state index is 11.6. The number of halogens is 1. The first-order valence-electron chi connectivity index (χ1n) is 5.02. The molecule has 88 valence electrons. The van der Waals surface area contributed by atoms with Crippen molar-refractivity contribution < 1.29 is 14.3 Å². The zero-order chi connectivity index (χ0) is 12.4. The molecule has 0 spiro atoms. The summed E-state index contributed by atoms with van der Waals surface area (Å²) in [5.41, 5.74) is 0.461. The summed E-state index contributed by atoms with van der Waals surface area (Å²) in [7, 11) is 2.93. The van der Waals surface area contributed by atoms with Crippen LogP contribution in [0.15, 0.2) is 34.8 Å². The molecule has 0 radical (unpaired) electrons. The van der Waals surface area contributed by atoms with Crippen LogP contribution in [0.2, 0.25) is 0 Å². The fraction of sp³-hybridized carbons (Fsp3) is 0.154. The van der Waals surface area contributed by atoms with Crippen LogP contribution in [-0.2, 0) is 4.74 Å². The zero-order valence-electron chi connectivity index (χ0n) is 9.49. The van der Waals surface area contributed by atoms with Gasteiger partial charge in [0.1, 0.15) is 5.75 Å². The van der Waals surface area contributed by atoms with Crippen LogP contribution in [0.5, 0.6) is 5.75 Å². The molecule has 0 unspecified atom stereocenters. The molecule has 0 aromatic heterocycles. The number of fused-ring (bicyclic) bond motifs is 1. The topological polar surface area (TPSA) is 35.5 Å². The van der Waals surface area contributed by atoms with E-state index in [1.54, 1.807) is 13.2 Å². The smallest absolute Gasteiger partial charge is 0.339 e. The highest BCUT2D eigenvalue weighted by Gasteiger charge is 2.17. The SMILES string of the molecule is COC(=O)c1cc2ccccc2c(OC)c1Br. The second kappa shape index (κ2) is 4.75. The molecule has 17 heavy (non-hydrogen) atoms. The van der Waals surface area contributed by atoms with E-state index < -0.39 is 0 Å². The summed E-state index contributed by atoms with van der Waals surface area (Å²) in [4.78, 5) is 11.6. The van der Waals surface area contributed by atoms with Gasteiger partial charge in [-0.3, -0.25) is 0 Å². The summed E-state index contributed by atoms with van der Waals surface area (Å²) in [5, 5.41) is 1.89. The molecule has 0 heterocycles. The Hall–Kier alpha value is -1.55. The summed E-state index contributed by atoms with van der Waals surface area (Å²) in [5.74, 6) is 0.254. The van der Waals surface area contributed by atoms with Gasteiger partial charge in [0.05, 0.1) is 24.3 Å². The highest BCUT2D eigenvalue weighted by Crippen LogP contribution is 2.36. The third-order valence-electron chi connectivity index (χ3n) is 2.55.